The third kappa shape index (κ3) is 4.84. The minimum absolute atomic E-state index is 0.332. The van der Waals surface area contributed by atoms with Crippen LogP contribution in [0.25, 0.3) is 0 Å². The first-order valence-corrected chi connectivity index (χ1v) is 6.33. The molecule has 0 saturated carbocycles. The van der Waals surface area contributed by atoms with Gasteiger partial charge in [0.2, 0.25) is 0 Å². The summed E-state index contributed by atoms with van der Waals surface area (Å²) >= 11 is 0. The first-order chi connectivity index (χ1) is 8.09. The summed E-state index contributed by atoms with van der Waals surface area (Å²) in [5.41, 5.74) is 1.47. The Morgan fingerprint density at radius 2 is 2.18 bits per heavy atom. The third-order valence-electron chi connectivity index (χ3n) is 3.27. The van der Waals surface area contributed by atoms with Crippen molar-refractivity contribution >= 4 is 0 Å². The van der Waals surface area contributed by atoms with Crippen LogP contribution in [0.2, 0.25) is 0 Å². The van der Waals surface area contributed by atoms with E-state index in [9.17, 15) is 0 Å². The van der Waals surface area contributed by atoms with Crippen molar-refractivity contribution in [2.24, 2.45) is 5.41 Å². The molecule has 0 aromatic carbocycles. The molecular weight excluding hydrogens is 210 g/mol. The highest BCUT2D eigenvalue weighted by Crippen LogP contribution is 2.21. The molecule has 0 radical (unpaired) electrons. The van der Waals surface area contributed by atoms with Gasteiger partial charge in [-0.2, -0.15) is 0 Å². The zero-order valence-electron chi connectivity index (χ0n) is 11.5. The fourth-order valence-electron chi connectivity index (χ4n) is 2.20. The Labute approximate surface area is 105 Å². The summed E-state index contributed by atoms with van der Waals surface area (Å²) in [5.74, 6) is 0. The minimum atomic E-state index is 0.332. The molecule has 17 heavy (non-hydrogen) atoms. The maximum absolute atomic E-state index is 4.36. The van der Waals surface area contributed by atoms with Crippen LogP contribution in [0.4, 0.5) is 0 Å². The van der Waals surface area contributed by atoms with Crippen molar-refractivity contribution in [2.45, 2.75) is 26.8 Å². The number of aromatic nitrogens is 1. The van der Waals surface area contributed by atoms with E-state index in [2.05, 4.69) is 42.2 Å². The maximum Gasteiger partial charge on any atom is 0.0543 e. The Balaban J connectivity index is 2.51. The smallest absolute Gasteiger partial charge is 0.0543 e. The molecule has 0 fully saturated rings. The van der Waals surface area contributed by atoms with E-state index in [4.69, 9.17) is 0 Å². The second-order valence-electron chi connectivity index (χ2n) is 5.19. The molecule has 3 heteroatoms. The van der Waals surface area contributed by atoms with Crippen LogP contribution in [0.3, 0.4) is 0 Å². The Morgan fingerprint density at radius 3 is 2.71 bits per heavy atom. The molecular formula is C14H25N3. The van der Waals surface area contributed by atoms with E-state index in [-0.39, 0.29) is 0 Å². The molecule has 0 saturated heterocycles. The molecule has 0 aliphatic carbocycles. The first kappa shape index (κ1) is 14.1. The summed E-state index contributed by atoms with van der Waals surface area (Å²) in [6.07, 6.45) is 3.04. The lowest BCUT2D eigenvalue weighted by molar-refractivity contribution is 0.177. The molecule has 1 aromatic heterocycles. The van der Waals surface area contributed by atoms with Crippen LogP contribution < -0.4 is 5.32 Å². The molecule has 3 nitrogen and oxygen atoms in total. The van der Waals surface area contributed by atoms with Crippen LogP contribution in [-0.4, -0.2) is 37.1 Å². The van der Waals surface area contributed by atoms with Gasteiger partial charge in [-0.05, 0) is 38.1 Å². The standard InChI is InChI=1S/C14H25N3/c1-5-14(2,11-15-3)12-17(4)10-13-8-6-7-9-16-13/h6-9,15H,5,10-12H2,1-4H3. The fraction of sp³-hybridized carbons (Fsp3) is 0.643. The molecule has 1 heterocycles. The Morgan fingerprint density at radius 1 is 1.41 bits per heavy atom. The van der Waals surface area contributed by atoms with Gasteiger partial charge >= 0.3 is 0 Å². The van der Waals surface area contributed by atoms with Gasteiger partial charge in [-0.3, -0.25) is 9.88 Å². The number of nitrogens with zero attached hydrogens (tertiary/aromatic N) is 2. The van der Waals surface area contributed by atoms with Crippen molar-refractivity contribution in [3.8, 4) is 0 Å². The molecule has 0 aliphatic rings. The van der Waals surface area contributed by atoms with Gasteiger partial charge in [0, 0.05) is 25.8 Å². The molecule has 1 atom stereocenters. The second kappa shape index (κ2) is 6.72. The normalized spacial score (nSPS) is 14.9. The lowest BCUT2D eigenvalue weighted by Crippen LogP contribution is -2.39. The van der Waals surface area contributed by atoms with E-state index < -0.39 is 0 Å². The van der Waals surface area contributed by atoms with Crippen molar-refractivity contribution in [3.63, 3.8) is 0 Å². The topological polar surface area (TPSA) is 28.2 Å². The lowest BCUT2D eigenvalue weighted by atomic mass is 9.87. The van der Waals surface area contributed by atoms with Gasteiger partial charge < -0.3 is 5.32 Å². The molecule has 0 bridgehead atoms. The molecule has 0 amide bonds. The van der Waals surface area contributed by atoms with Crippen molar-refractivity contribution in [1.82, 2.24) is 15.2 Å². The minimum Gasteiger partial charge on any atom is -0.319 e. The summed E-state index contributed by atoms with van der Waals surface area (Å²) in [6.45, 7) is 7.64. The molecule has 1 rings (SSSR count). The monoisotopic (exact) mass is 235 g/mol. The van der Waals surface area contributed by atoms with E-state index in [0.717, 1.165) is 25.3 Å². The summed E-state index contributed by atoms with van der Waals surface area (Å²) in [7, 11) is 4.19. The first-order valence-electron chi connectivity index (χ1n) is 6.33. The molecule has 1 unspecified atom stereocenters. The van der Waals surface area contributed by atoms with Crippen LogP contribution >= 0.6 is 0 Å². The zero-order valence-corrected chi connectivity index (χ0v) is 11.5. The fourth-order valence-corrected chi connectivity index (χ4v) is 2.20. The van der Waals surface area contributed by atoms with Crippen LogP contribution in [0.1, 0.15) is 26.0 Å². The molecule has 0 spiro atoms. The predicted molar refractivity (Wildman–Crippen MR) is 72.9 cm³/mol. The highest BCUT2D eigenvalue weighted by molar-refractivity contribution is 5.03. The number of hydrogen-bond donors (Lipinski definition) is 1. The molecule has 1 N–H and O–H groups in total. The van der Waals surface area contributed by atoms with E-state index in [1.54, 1.807) is 0 Å². The maximum atomic E-state index is 4.36. The van der Waals surface area contributed by atoms with Crippen molar-refractivity contribution in [3.05, 3.63) is 30.1 Å². The number of pyridine rings is 1. The van der Waals surface area contributed by atoms with Gasteiger partial charge in [0.05, 0.1) is 5.69 Å². The van der Waals surface area contributed by atoms with Gasteiger partial charge in [0.1, 0.15) is 0 Å². The highest BCUT2D eigenvalue weighted by Gasteiger charge is 2.23. The SMILES string of the molecule is CCC(C)(CNC)CN(C)Cc1ccccn1. The lowest BCUT2D eigenvalue weighted by Gasteiger charge is -2.32. The molecule has 0 aliphatic heterocycles. The molecule has 96 valence electrons. The van der Waals surface area contributed by atoms with E-state index in [0.29, 0.717) is 5.41 Å². The van der Waals surface area contributed by atoms with E-state index >= 15 is 0 Å². The van der Waals surface area contributed by atoms with Crippen molar-refractivity contribution in [2.75, 3.05) is 27.2 Å². The summed E-state index contributed by atoms with van der Waals surface area (Å²) in [6, 6.07) is 6.08. The van der Waals surface area contributed by atoms with E-state index in [1.165, 1.54) is 6.42 Å². The zero-order chi connectivity index (χ0) is 12.7. The summed E-state index contributed by atoms with van der Waals surface area (Å²) < 4.78 is 0. The van der Waals surface area contributed by atoms with Crippen molar-refractivity contribution < 1.29 is 0 Å². The number of nitrogens with one attached hydrogen (secondary N) is 1. The van der Waals surface area contributed by atoms with Gasteiger partial charge in [0.25, 0.3) is 0 Å². The average Bonchev–Trinajstić information content (AvgIpc) is 2.30. The van der Waals surface area contributed by atoms with Crippen LogP contribution in [0, 0.1) is 5.41 Å². The van der Waals surface area contributed by atoms with Crippen molar-refractivity contribution in [1.29, 1.82) is 0 Å². The van der Waals surface area contributed by atoms with Crippen LogP contribution in [0.15, 0.2) is 24.4 Å². The van der Waals surface area contributed by atoms with E-state index in [1.807, 2.05) is 25.4 Å². The third-order valence-corrected chi connectivity index (χ3v) is 3.27. The Bertz CT molecular complexity index is 313. The predicted octanol–water partition coefficient (Wildman–Crippen LogP) is 2.15. The Kier molecular flexibility index (Phi) is 5.59. The average molecular weight is 235 g/mol. The number of rotatable bonds is 7. The quantitative estimate of drug-likeness (QED) is 0.785. The van der Waals surface area contributed by atoms with Crippen LogP contribution in [0.5, 0.6) is 0 Å². The van der Waals surface area contributed by atoms with Crippen LogP contribution in [-0.2, 0) is 6.54 Å². The Hall–Kier alpha value is -0.930. The summed E-state index contributed by atoms with van der Waals surface area (Å²) in [5, 5.41) is 3.29. The highest BCUT2D eigenvalue weighted by atomic mass is 15.1. The molecule has 1 aromatic rings. The van der Waals surface area contributed by atoms with Gasteiger partial charge in [-0.25, -0.2) is 0 Å². The summed E-state index contributed by atoms with van der Waals surface area (Å²) in [4.78, 5) is 6.71. The van der Waals surface area contributed by atoms with Gasteiger partial charge in [-0.15, -0.1) is 0 Å². The largest absolute Gasteiger partial charge is 0.319 e. The van der Waals surface area contributed by atoms with Gasteiger partial charge in [-0.1, -0.05) is 19.9 Å². The number of hydrogen-bond acceptors (Lipinski definition) is 3. The van der Waals surface area contributed by atoms with Gasteiger partial charge in [0.15, 0.2) is 0 Å². The second-order valence-corrected chi connectivity index (χ2v) is 5.19.